The van der Waals surface area contributed by atoms with Crippen LogP contribution in [0.3, 0.4) is 0 Å². The molecule has 1 aromatic heterocycles. The Bertz CT molecular complexity index is 1190. The van der Waals surface area contributed by atoms with Gasteiger partial charge in [0.15, 0.2) is 17.3 Å². The van der Waals surface area contributed by atoms with Gasteiger partial charge in [0.2, 0.25) is 0 Å². The summed E-state index contributed by atoms with van der Waals surface area (Å²) in [5.41, 5.74) is 3.40. The number of nitrogens with one attached hydrogen (secondary N) is 1. The fourth-order valence-corrected chi connectivity index (χ4v) is 6.40. The number of esters is 1. The number of phenolic OH excluding ortho intramolecular Hbond substituents is 1. The minimum absolute atomic E-state index is 0.0299. The maximum Gasteiger partial charge on any atom is 0.337 e. The van der Waals surface area contributed by atoms with Crippen LogP contribution in [-0.2, 0) is 14.3 Å². The predicted octanol–water partition coefficient (Wildman–Crippen LogP) is 5.70. The van der Waals surface area contributed by atoms with E-state index in [-0.39, 0.29) is 29.5 Å². The molecule has 7 heteroatoms. The van der Waals surface area contributed by atoms with Gasteiger partial charge in [-0.3, -0.25) is 4.79 Å². The van der Waals surface area contributed by atoms with Crippen LogP contribution < -0.4 is 10.1 Å². The molecule has 0 saturated heterocycles. The summed E-state index contributed by atoms with van der Waals surface area (Å²) in [6.07, 6.45) is 4.90. The smallest absolute Gasteiger partial charge is 0.337 e. The molecule has 5 rings (SSSR count). The molecule has 0 radical (unpaired) electrons. The van der Waals surface area contributed by atoms with Crippen LogP contribution in [0.4, 0.5) is 0 Å². The maximum absolute atomic E-state index is 13.7. The van der Waals surface area contributed by atoms with E-state index in [2.05, 4.69) is 11.4 Å². The summed E-state index contributed by atoms with van der Waals surface area (Å²) in [6, 6.07) is 9.18. The molecule has 2 aromatic rings. The summed E-state index contributed by atoms with van der Waals surface area (Å²) in [5, 5.41) is 15.7. The third kappa shape index (κ3) is 4.61. The Labute approximate surface area is 209 Å². The first-order chi connectivity index (χ1) is 17.0. The zero-order chi connectivity index (χ0) is 24.5. The van der Waals surface area contributed by atoms with Crippen molar-refractivity contribution in [3.05, 3.63) is 68.7 Å². The van der Waals surface area contributed by atoms with Crippen molar-refractivity contribution < 1.29 is 24.2 Å². The second-order valence-corrected chi connectivity index (χ2v) is 10.5. The van der Waals surface area contributed by atoms with Crippen LogP contribution in [0, 0.1) is 0 Å². The molecular weight excluding hydrogens is 462 g/mol. The number of ether oxygens (including phenoxy) is 2. The Morgan fingerprint density at radius 3 is 2.71 bits per heavy atom. The minimum Gasteiger partial charge on any atom is -0.504 e. The monoisotopic (exact) mass is 493 g/mol. The van der Waals surface area contributed by atoms with Gasteiger partial charge in [-0.05, 0) is 75.1 Å². The normalized spacial score (nSPS) is 22.7. The number of dihydropyridines is 1. The van der Waals surface area contributed by atoms with E-state index in [9.17, 15) is 14.7 Å². The van der Waals surface area contributed by atoms with E-state index in [1.165, 1.54) is 4.88 Å². The van der Waals surface area contributed by atoms with E-state index in [1.807, 2.05) is 25.3 Å². The number of carbonyl (C=O) groups is 2. The lowest BCUT2D eigenvalue weighted by Gasteiger charge is -2.36. The van der Waals surface area contributed by atoms with Crippen molar-refractivity contribution in [3.63, 3.8) is 0 Å². The summed E-state index contributed by atoms with van der Waals surface area (Å²) in [4.78, 5) is 28.4. The highest BCUT2D eigenvalue weighted by Gasteiger charge is 2.42. The van der Waals surface area contributed by atoms with Crippen molar-refractivity contribution in [3.8, 4) is 11.5 Å². The number of carbonyl (C=O) groups excluding carboxylic acids is 2. The third-order valence-corrected chi connectivity index (χ3v) is 8.22. The van der Waals surface area contributed by atoms with Crippen molar-refractivity contribution in [2.75, 3.05) is 6.61 Å². The summed E-state index contributed by atoms with van der Waals surface area (Å²) in [5.74, 6) is -0.428. The van der Waals surface area contributed by atoms with Gasteiger partial charge in [0.25, 0.3) is 0 Å². The van der Waals surface area contributed by atoms with Crippen LogP contribution in [0.2, 0.25) is 0 Å². The van der Waals surface area contributed by atoms with Gasteiger partial charge in [-0.1, -0.05) is 12.1 Å². The molecule has 0 amide bonds. The number of phenols is 1. The predicted molar refractivity (Wildman–Crippen MR) is 135 cm³/mol. The van der Waals surface area contributed by atoms with Crippen LogP contribution in [0.1, 0.15) is 74.6 Å². The molecule has 1 fully saturated rings. The fourth-order valence-electron chi connectivity index (χ4n) is 5.57. The van der Waals surface area contributed by atoms with E-state index in [0.717, 1.165) is 36.9 Å². The van der Waals surface area contributed by atoms with Crippen LogP contribution in [0.15, 0.2) is 58.3 Å². The van der Waals surface area contributed by atoms with Crippen molar-refractivity contribution in [2.45, 2.75) is 70.3 Å². The highest BCUT2D eigenvalue weighted by molar-refractivity contribution is 7.10. The van der Waals surface area contributed by atoms with Gasteiger partial charge in [-0.2, -0.15) is 0 Å². The van der Waals surface area contributed by atoms with Gasteiger partial charge in [-0.25, -0.2) is 4.79 Å². The first-order valence-corrected chi connectivity index (χ1v) is 13.3. The number of allylic oxidation sites excluding steroid dienone is 3. The summed E-state index contributed by atoms with van der Waals surface area (Å²) < 4.78 is 11.5. The lowest BCUT2D eigenvalue weighted by Crippen LogP contribution is -2.36. The number of ketones is 1. The Hall–Kier alpha value is -3.06. The van der Waals surface area contributed by atoms with E-state index >= 15 is 0 Å². The molecule has 0 bridgehead atoms. The van der Waals surface area contributed by atoms with E-state index < -0.39 is 5.92 Å². The number of hydrogen-bond donors (Lipinski definition) is 2. The van der Waals surface area contributed by atoms with Gasteiger partial charge in [-0.15, -0.1) is 11.3 Å². The van der Waals surface area contributed by atoms with Crippen LogP contribution in [0.25, 0.3) is 0 Å². The summed E-state index contributed by atoms with van der Waals surface area (Å²) in [7, 11) is 0. The maximum atomic E-state index is 13.7. The standard InChI is InChI=1S/C28H31NO5S/c1-3-33-23-15-17(10-11-21(23)30)26-25(28(32)34-19-7-4-5-8-19)16(2)29-20-13-18(14-22(31)27(20)26)24-9-6-12-35-24/h6,9-12,15,18-19,26,29-30H,3-5,7-8,13-14H2,1-2H3/t18-,26+/m1/s1. The van der Waals surface area contributed by atoms with Gasteiger partial charge in [0, 0.05) is 40.1 Å². The lowest BCUT2D eigenvalue weighted by atomic mass is 9.72. The molecule has 3 aliphatic rings. The Morgan fingerprint density at radius 1 is 1.20 bits per heavy atom. The molecule has 1 aromatic carbocycles. The van der Waals surface area contributed by atoms with Gasteiger partial charge < -0.3 is 19.9 Å². The largest absolute Gasteiger partial charge is 0.504 e. The highest BCUT2D eigenvalue weighted by atomic mass is 32.1. The number of benzene rings is 1. The zero-order valence-electron chi connectivity index (χ0n) is 20.1. The Kier molecular flexibility index (Phi) is 6.69. The van der Waals surface area contributed by atoms with Crippen molar-refractivity contribution in [2.24, 2.45) is 0 Å². The second-order valence-electron chi connectivity index (χ2n) is 9.50. The number of thiophene rings is 1. The van der Waals surface area contributed by atoms with Gasteiger partial charge >= 0.3 is 5.97 Å². The quantitative estimate of drug-likeness (QED) is 0.502. The lowest BCUT2D eigenvalue weighted by molar-refractivity contribution is -0.144. The van der Waals surface area contributed by atoms with Crippen LogP contribution in [-0.4, -0.2) is 29.6 Å². The Balaban J connectivity index is 1.57. The topological polar surface area (TPSA) is 84.9 Å². The van der Waals surface area contributed by atoms with Crippen molar-refractivity contribution >= 4 is 23.1 Å². The number of Topliss-reactive ketones (excluding diaryl/α,β-unsaturated/α-hetero) is 1. The molecule has 2 atom stereocenters. The molecule has 2 N–H and O–H groups in total. The highest BCUT2D eigenvalue weighted by Crippen LogP contribution is 2.47. The average molecular weight is 494 g/mol. The third-order valence-electron chi connectivity index (χ3n) is 7.19. The first-order valence-electron chi connectivity index (χ1n) is 12.4. The molecule has 1 aliphatic heterocycles. The number of rotatable bonds is 6. The molecule has 35 heavy (non-hydrogen) atoms. The SMILES string of the molecule is CCOc1cc([C@H]2C(C(=O)OC3CCCC3)=C(C)NC3=C2C(=O)C[C@H](c2cccs2)C3)ccc1O. The summed E-state index contributed by atoms with van der Waals surface area (Å²) >= 11 is 1.67. The van der Waals surface area contributed by atoms with Gasteiger partial charge in [0.1, 0.15) is 6.10 Å². The Morgan fingerprint density at radius 2 is 2.00 bits per heavy atom. The van der Waals surface area contributed by atoms with E-state index in [4.69, 9.17) is 9.47 Å². The first kappa shape index (κ1) is 23.7. The molecule has 1 saturated carbocycles. The molecule has 184 valence electrons. The van der Waals surface area contributed by atoms with E-state index in [0.29, 0.717) is 42.0 Å². The zero-order valence-corrected chi connectivity index (χ0v) is 21.0. The average Bonchev–Trinajstić information content (AvgIpc) is 3.54. The second kappa shape index (κ2) is 9.90. The van der Waals surface area contributed by atoms with Crippen LogP contribution >= 0.6 is 11.3 Å². The molecule has 0 unspecified atom stereocenters. The molecule has 0 spiro atoms. The molecule has 2 aliphatic carbocycles. The number of aromatic hydroxyl groups is 1. The minimum atomic E-state index is -0.572. The van der Waals surface area contributed by atoms with Crippen molar-refractivity contribution in [1.29, 1.82) is 0 Å². The fraction of sp³-hybridized carbons (Fsp3) is 0.429. The molecule has 2 heterocycles. The van der Waals surface area contributed by atoms with Crippen molar-refractivity contribution in [1.82, 2.24) is 5.32 Å². The molecular formula is C28H31NO5S. The van der Waals surface area contributed by atoms with Gasteiger partial charge in [0.05, 0.1) is 12.2 Å². The van der Waals surface area contributed by atoms with E-state index in [1.54, 1.807) is 29.5 Å². The summed E-state index contributed by atoms with van der Waals surface area (Å²) in [6.45, 7) is 4.12. The molecule has 6 nitrogen and oxygen atoms in total. The number of hydrogen-bond acceptors (Lipinski definition) is 7. The van der Waals surface area contributed by atoms with Crippen LogP contribution in [0.5, 0.6) is 11.5 Å².